The third-order valence-electron chi connectivity index (χ3n) is 3.07. The van der Waals surface area contributed by atoms with Crippen LogP contribution in [0.15, 0.2) is 41.3 Å². The Morgan fingerprint density at radius 2 is 1.88 bits per heavy atom. The molecule has 1 aliphatic heterocycles. The van der Waals surface area contributed by atoms with Gasteiger partial charge in [0.05, 0.1) is 5.69 Å². The number of rotatable bonds is 4. The Labute approximate surface area is 120 Å². The topological polar surface area (TPSA) is 3.24 Å². The number of halogens is 1. The number of hydrogen-bond acceptors (Lipinski definition) is 2. The standard InChI is InChI=1S/C14H14INS/c15-9-1-2-10-16-12-7-3-5-11-6-4-8-13(17-16)14(11)12/h3-8H,1-2,9-10H2. The highest BCUT2D eigenvalue weighted by Crippen LogP contribution is 2.45. The van der Waals surface area contributed by atoms with Gasteiger partial charge in [-0.1, -0.05) is 46.9 Å². The highest BCUT2D eigenvalue weighted by molar-refractivity contribution is 14.1. The maximum absolute atomic E-state index is 2.45. The van der Waals surface area contributed by atoms with Crippen LogP contribution in [0.2, 0.25) is 0 Å². The number of hydrogen-bond donors (Lipinski definition) is 0. The van der Waals surface area contributed by atoms with Gasteiger partial charge in [0.15, 0.2) is 0 Å². The summed E-state index contributed by atoms with van der Waals surface area (Å²) >= 11 is 4.35. The van der Waals surface area contributed by atoms with Gasteiger partial charge in [-0.15, -0.1) is 0 Å². The Balaban J connectivity index is 1.93. The van der Waals surface area contributed by atoms with Gasteiger partial charge in [0.1, 0.15) is 0 Å². The van der Waals surface area contributed by atoms with Crippen molar-refractivity contribution in [2.75, 3.05) is 15.3 Å². The smallest absolute Gasteiger partial charge is 0.0563 e. The van der Waals surface area contributed by atoms with Gasteiger partial charge in [-0.25, -0.2) is 0 Å². The van der Waals surface area contributed by atoms with Gasteiger partial charge in [0.2, 0.25) is 0 Å². The summed E-state index contributed by atoms with van der Waals surface area (Å²) in [6.45, 7) is 1.15. The van der Waals surface area contributed by atoms with Crippen molar-refractivity contribution in [3.05, 3.63) is 36.4 Å². The van der Waals surface area contributed by atoms with E-state index in [4.69, 9.17) is 0 Å². The minimum Gasteiger partial charge on any atom is -0.311 e. The molecule has 0 fully saturated rings. The zero-order valence-electron chi connectivity index (χ0n) is 9.53. The fourth-order valence-electron chi connectivity index (χ4n) is 2.26. The first-order valence-electron chi connectivity index (χ1n) is 5.93. The second-order valence-corrected chi connectivity index (χ2v) is 6.36. The van der Waals surface area contributed by atoms with Gasteiger partial charge >= 0.3 is 0 Å². The van der Waals surface area contributed by atoms with E-state index in [0.717, 1.165) is 6.54 Å². The third kappa shape index (κ3) is 2.15. The van der Waals surface area contributed by atoms with Crippen molar-refractivity contribution >= 4 is 51.0 Å². The molecule has 0 bridgehead atoms. The van der Waals surface area contributed by atoms with E-state index >= 15 is 0 Å². The van der Waals surface area contributed by atoms with E-state index in [1.165, 1.54) is 38.6 Å². The summed E-state index contributed by atoms with van der Waals surface area (Å²) in [5.74, 6) is 0. The van der Waals surface area contributed by atoms with Crippen LogP contribution in [0.25, 0.3) is 10.8 Å². The van der Waals surface area contributed by atoms with Gasteiger partial charge in [-0.05, 0) is 46.7 Å². The molecule has 0 spiro atoms. The molecule has 88 valence electrons. The average Bonchev–Trinajstić information content (AvgIpc) is 2.71. The van der Waals surface area contributed by atoms with Crippen molar-refractivity contribution < 1.29 is 0 Å². The maximum atomic E-state index is 2.45. The van der Waals surface area contributed by atoms with Crippen LogP contribution in [-0.4, -0.2) is 11.0 Å². The Kier molecular flexibility index (Phi) is 3.47. The fraction of sp³-hybridized carbons (Fsp3) is 0.286. The summed E-state index contributed by atoms with van der Waals surface area (Å²) in [7, 11) is 0. The molecular weight excluding hydrogens is 341 g/mol. The number of benzene rings is 2. The molecule has 0 saturated heterocycles. The first-order valence-corrected chi connectivity index (χ1v) is 8.23. The monoisotopic (exact) mass is 355 g/mol. The normalized spacial score (nSPS) is 13.6. The maximum Gasteiger partial charge on any atom is 0.0563 e. The summed E-state index contributed by atoms with van der Waals surface area (Å²) in [5, 5.41) is 2.80. The molecule has 0 aliphatic carbocycles. The quantitative estimate of drug-likeness (QED) is 0.333. The van der Waals surface area contributed by atoms with Crippen molar-refractivity contribution in [2.24, 2.45) is 0 Å². The Morgan fingerprint density at radius 1 is 1.06 bits per heavy atom. The van der Waals surface area contributed by atoms with Crippen LogP contribution in [0, 0.1) is 0 Å². The van der Waals surface area contributed by atoms with E-state index in [1.54, 1.807) is 0 Å². The van der Waals surface area contributed by atoms with Gasteiger partial charge in [0, 0.05) is 16.8 Å². The molecule has 3 rings (SSSR count). The number of nitrogens with zero attached hydrogens (tertiary/aromatic N) is 1. The molecule has 1 nitrogen and oxygen atoms in total. The van der Waals surface area contributed by atoms with Gasteiger partial charge < -0.3 is 4.31 Å². The molecule has 0 unspecified atom stereocenters. The van der Waals surface area contributed by atoms with Gasteiger partial charge in [-0.3, -0.25) is 0 Å². The molecule has 1 heterocycles. The minimum absolute atomic E-state index is 1.15. The molecule has 0 amide bonds. The third-order valence-corrected chi connectivity index (χ3v) is 4.97. The highest BCUT2D eigenvalue weighted by Gasteiger charge is 2.21. The molecule has 17 heavy (non-hydrogen) atoms. The lowest BCUT2D eigenvalue weighted by atomic mass is 10.1. The van der Waals surface area contributed by atoms with Gasteiger partial charge in [0.25, 0.3) is 0 Å². The lowest BCUT2D eigenvalue weighted by Gasteiger charge is -2.17. The van der Waals surface area contributed by atoms with Crippen molar-refractivity contribution in [3.63, 3.8) is 0 Å². The number of anilines is 1. The highest BCUT2D eigenvalue weighted by atomic mass is 127. The Bertz CT molecular complexity index is 535. The van der Waals surface area contributed by atoms with Crippen LogP contribution in [0.5, 0.6) is 0 Å². The molecule has 0 N–H and O–H groups in total. The zero-order valence-corrected chi connectivity index (χ0v) is 12.5. The van der Waals surface area contributed by atoms with Crippen LogP contribution in [0.1, 0.15) is 12.8 Å². The van der Waals surface area contributed by atoms with E-state index in [9.17, 15) is 0 Å². The molecular formula is C14H14INS. The van der Waals surface area contributed by atoms with E-state index in [2.05, 4.69) is 63.3 Å². The second kappa shape index (κ2) is 5.06. The molecule has 0 atom stereocenters. The van der Waals surface area contributed by atoms with Crippen LogP contribution in [0.3, 0.4) is 0 Å². The number of unbranched alkanes of at least 4 members (excludes halogenated alkanes) is 1. The minimum atomic E-state index is 1.15. The number of alkyl halides is 1. The van der Waals surface area contributed by atoms with Crippen molar-refractivity contribution in [1.29, 1.82) is 0 Å². The van der Waals surface area contributed by atoms with Crippen molar-refractivity contribution in [1.82, 2.24) is 0 Å². The molecule has 0 saturated carbocycles. The zero-order chi connectivity index (χ0) is 11.7. The molecule has 3 heteroatoms. The van der Waals surface area contributed by atoms with Crippen molar-refractivity contribution in [2.45, 2.75) is 17.7 Å². The van der Waals surface area contributed by atoms with Crippen molar-refractivity contribution in [3.8, 4) is 0 Å². The first kappa shape index (κ1) is 11.7. The largest absolute Gasteiger partial charge is 0.311 e. The molecule has 0 radical (unpaired) electrons. The fourth-order valence-corrected chi connectivity index (χ4v) is 3.96. The summed E-state index contributed by atoms with van der Waals surface area (Å²) in [5.41, 5.74) is 1.40. The summed E-state index contributed by atoms with van der Waals surface area (Å²) < 4.78 is 3.71. The molecule has 0 aromatic heterocycles. The summed E-state index contributed by atoms with van der Waals surface area (Å²) in [6.07, 6.45) is 2.59. The van der Waals surface area contributed by atoms with Crippen LogP contribution in [0.4, 0.5) is 5.69 Å². The first-order chi connectivity index (χ1) is 8.40. The Morgan fingerprint density at radius 3 is 2.71 bits per heavy atom. The second-order valence-electron chi connectivity index (χ2n) is 4.22. The van der Waals surface area contributed by atoms with E-state index < -0.39 is 0 Å². The lowest BCUT2D eigenvalue weighted by Crippen LogP contribution is -2.12. The predicted octanol–water partition coefficient (Wildman–Crippen LogP) is 4.88. The van der Waals surface area contributed by atoms with Crippen LogP contribution in [-0.2, 0) is 0 Å². The predicted molar refractivity (Wildman–Crippen MR) is 85.3 cm³/mol. The Hall–Kier alpha value is -0.420. The van der Waals surface area contributed by atoms with Gasteiger partial charge in [-0.2, -0.15) is 0 Å². The average molecular weight is 355 g/mol. The van der Waals surface area contributed by atoms with E-state index in [1.807, 2.05) is 11.9 Å². The lowest BCUT2D eigenvalue weighted by molar-refractivity contribution is 0.826. The molecule has 2 aromatic rings. The van der Waals surface area contributed by atoms with E-state index in [-0.39, 0.29) is 0 Å². The summed E-state index contributed by atoms with van der Waals surface area (Å²) in [6, 6.07) is 13.2. The van der Waals surface area contributed by atoms with E-state index in [0.29, 0.717) is 0 Å². The molecule has 2 aromatic carbocycles. The van der Waals surface area contributed by atoms with Crippen LogP contribution < -0.4 is 4.31 Å². The summed E-state index contributed by atoms with van der Waals surface area (Å²) in [4.78, 5) is 1.41. The van der Waals surface area contributed by atoms with Crippen LogP contribution >= 0.6 is 34.5 Å². The molecule has 1 aliphatic rings. The SMILES string of the molecule is ICCCCN1Sc2cccc3cccc1c23.